The van der Waals surface area contributed by atoms with E-state index in [-0.39, 0.29) is 5.91 Å². The first kappa shape index (κ1) is 19.6. The third kappa shape index (κ3) is 5.94. The highest BCUT2D eigenvalue weighted by atomic mass is 35.5. The van der Waals surface area contributed by atoms with Crippen LogP contribution in [0.15, 0.2) is 42.6 Å². The molecule has 1 aliphatic rings. The molecule has 0 radical (unpaired) electrons. The number of hydrogen-bond donors (Lipinski definition) is 1. The molecule has 0 aliphatic carbocycles. The van der Waals surface area contributed by atoms with Gasteiger partial charge in [-0.3, -0.25) is 4.79 Å². The second-order valence-corrected chi connectivity index (χ2v) is 7.29. The van der Waals surface area contributed by atoms with E-state index in [9.17, 15) is 4.79 Å². The van der Waals surface area contributed by atoms with Crippen LogP contribution >= 0.6 is 11.6 Å². The number of aromatic nitrogens is 1. The van der Waals surface area contributed by atoms with Crippen molar-refractivity contribution in [1.29, 1.82) is 0 Å². The molecule has 5 nitrogen and oxygen atoms in total. The Hall–Kier alpha value is -2.11. The molecule has 0 bridgehead atoms. The van der Waals surface area contributed by atoms with Gasteiger partial charge in [-0.05, 0) is 42.3 Å². The van der Waals surface area contributed by atoms with E-state index in [0.717, 1.165) is 49.7 Å². The maximum Gasteiger partial charge on any atom is 0.220 e. The SMILES string of the molecule is CCN1CCN(c2ccc(CNC(=O)CCc3cccc(Cl)c3)cn2)CC1. The molecule has 1 aromatic carbocycles. The van der Waals surface area contributed by atoms with Gasteiger partial charge in [0.05, 0.1) is 0 Å². The van der Waals surface area contributed by atoms with Gasteiger partial charge in [-0.1, -0.05) is 36.7 Å². The van der Waals surface area contributed by atoms with Crippen molar-refractivity contribution >= 4 is 23.3 Å². The van der Waals surface area contributed by atoms with Gasteiger partial charge in [0.25, 0.3) is 0 Å². The predicted molar refractivity (Wildman–Crippen MR) is 110 cm³/mol. The van der Waals surface area contributed by atoms with Crippen molar-refractivity contribution in [3.8, 4) is 0 Å². The molecule has 1 amide bonds. The van der Waals surface area contributed by atoms with Crippen LogP contribution in [0, 0.1) is 0 Å². The zero-order valence-electron chi connectivity index (χ0n) is 15.8. The second-order valence-electron chi connectivity index (χ2n) is 6.85. The number of carbonyl (C=O) groups excluding carboxylic acids is 1. The molecular formula is C21H27ClN4O. The summed E-state index contributed by atoms with van der Waals surface area (Å²) in [5.41, 5.74) is 2.09. The van der Waals surface area contributed by atoms with Gasteiger partial charge in [0.15, 0.2) is 0 Å². The maximum atomic E-state index is 12.1. The molecule has 1 fully saturated rings. The van der Waals surface area contributed by atoms with Gasteiger partial charge >= 0.3 is 0 Å². The molecule has 27 heavy (non-hydrogen) atoms. The highest BCUT2D eigenvalue weighted by molar-refractivity contribution is 6.30. The van der Waals surface area contributed by atoms with Crippen molar-refractivity contribution in [3.63, 3.8) is 0 Å². The molecule has 0 unspecified atom stereocenters. The average molecular weight is 387 g/mol. The van der Waals surface area contributed by atoms with Crippen LogP contribution in [0.5, 0.6) is 0 Å². The molecule has 1 aromatic heterocycles. The van der Waals surface area contributed by atoms with E-state index < -0.39 is 0 Å². The Bertz CT molecular complexity index is 742. The number of anilines is 1. The molecule has 0 spiro atoms. The predicted octanol–water partition coefficient (Wildman–Crippen LogP) is 3.13. The Kier molecular flexibility index (Phi) is 7.07. The lowest BCUT2D eigenvalue weighted by molar-refractivity contribution is -0.121. The fourth-order valence-corrected chi connectivity index (χ4v) is 3.45. The molecule has 0 saturated carbocycles. The zero-order chi connectivity index (χ0) is 19.1. The number of piperazine rings is 1. The highest BCUT2D eigenvalue weighted by Gasteiger charge is 2.16. The van der Waals surface area contributed by atoms with Gasteiger partial charge < -0.3 is 15.1 Å². The first-order valence-electron chi connectivity index (χ1n) is 9.57. The largest absolute Gasteiger partial charge is 0.354 e. The first-order valence-corrected chi connectivity index (χ1v) is 9.95. The number of pyridine rings is 1. The summed E-state index contributed by atoms with van der Waals surface area (Å²) in [5, 5.41) is 3.67. The topological polar surface area (TPSA) is 48.5 Å². The van der Waals surface area contributed by atoms with Crippen LogP contribution in [0.25, 0.3) is 0 Å². The molecule has 0 atom stereocenters. The Morgan fingerprint density at radius 3 is 2.63 bits per heavy atom. The van der Waals surface area contributed by atoms with E-state index >= 15 is 0 Å². The zero-order valence-corrected chi connectivity index (χ0v) is 16.6. The maximum absolute atomic E-state index is 12.1. The van der Waals surface area contributed by atoms with Crippen molar-refractivity contribution in [1.82, 2.24) is 15.2 Å². The Morgan fingerprint density at radius 1 is 1.15 bits per heavy atom. The minimum atomic E-state index is 0.0368. The number of hydrogen-bond acceptors (Lipinski definition) is 4. The Balaban J connectivity index is 1.42. The Labute approximate surface area is 166 Å². The van der Waals surface area contributed by atoms with Crippen molar-refractivity contribution in [2.45, 2.75) is 26.3 Å². The molecule has 1 aliphatic heterocycles. The highest BCUT2D eigenvalue weighted by Crippen LogP contribution is 2.14. The minimum Gasteiger partial charge on any atom is -0.354 e. The van der Waals surface area contributed by atoms with Crippen LogP contribution in [0.4, 0.5) is 5.82 Å². The average Bonchev–Trinajstić information content (AvgIpc) is 2.71. The minimum absolute atomic E-state index is 0.0368. The van der Waals surface area contributed by atoms with Crippen molar-refractivity contribution in [2.75, 3.05) is 37.6 Å². The Morgan fingerprint density at radius 2 is 1.96 bits per heavy atom. The number of nitrogens with one attached hydrogen (secondary N) is 1. The summed E-state index contributed by atoms with van der Waals surface area (Å²) in [4.78, 5) is 21.4. The van der Waals surface area contributed by atoms with Gasteiger partial charge in [-0.2, -0.15) is 0 Å². The van der Waals surface area contributed by atoms with Gasteiger partial charge in [-0.15, -0.1) is 0 Å². The summed E-state index contributed by atoms with van der Waals surface area (Å²) in [6.07, 6.45) is 3.00. The summed E-state index contributed by atoms with van der Waals surface area (Å²) in [5.74, 6) is 1.05. The van der Waals surface area contributed by atoms with Crippen LogP contribution in [-0.2, 0) is 17.8 Å². The van der Waals surface area contributed by atoms with E-state index in [1.807, 2.05) is 36.5 Å². The van der Waals surface area contributed by atoms with Crippen LogP contribution in [0.2, 0.25) is 5.02 Å². The molecule has 1 N–H and O–H groups in total. The van der Waals surface area contributed by atoms with Crippen LogP contribution in [0.3, 0.4) is 0 Å². The number of rotatable bonds is 7. The van der Waals surface area contributed by atoms with Crippen LogP contribution < -0.4 is 10.2 Å². The smallest absolute Gasteiger partial charge is 0.220 e. The molecule has 2 aromatic rings. The van der Waals surface area contributed by atoms with E-state index in [4.69, 9.17) is 11.6 Å². The number of benzene rings is 1. The number of carbonyl (C=O) groups is 1. The van der Waals surface area contributed by atoms with Crippen molar-refractivity contribution in [2.24, 2.45) is 0 Å². The lowest BCUT2D eigenvalue weighted by atomic mass is 10.1. The van der Waals surface area contributed by atoms with Crippen LogP contribution in [-0.4, -0.2) is 48.5 Å². The van der Waals surface area contributed by atoms with Gasteiger partial charge in [0.2, 0.25) is 5.91 Å². The summed E-state index contributed by atoms with van der Waals surface area (Å²) < 4.78 is 0. The molecule has 2 heterocycles. The van der Waals surface area contributed by atoms with Crippen LogP contribution in [0.1, 0.15) is 24.5 Å². The molecule has 3 rings (SSSR count). The van der Waals surface area contributed by atoms with Crippen molar-refractivity contribution in [3.05, 3.63) is 58.7 Å². The van der Waals surface area contributed by atoms with E-state index in [1.54, 1.807) is 0 Å². The summed E-state index contributed by atoms with van der Waals surface area (Å²) in [6, 6.07) is 11.7. The second kappa shape index (κ2) is 9.72. The number of amides is 1. The first-order chi connectivity index (χ1) is 13.1. The summed E-state index contributed by atoms with van der Waals surface area (Å²) in [6.45, 7) is 8.01. The third-order valence-electron chi connectivity index (χ3n) is 4.97. The summed E-state index contributed by atoms with van der Waals surface area (Å²) >= 11 is 5.97. The normalized spacial score (nSPS) is 15.0. The lowest BCUT2D eigenvalue weighted by Gasteiger charge is -2.34. The number of nitrogens with zero attached hydrogens (tertiary/aromatic N) is 3. The van der Waals surface area contributed by atoms with E-state index in [0.29, 0.717) is 24.4 Å². The molecular weight excluding hydrogens is 360 g/mol. The molecule has 144 valence electrons. The van der Waals surface area contributed by atoms with Crippen molar-refractivity contribution < 1.29 is 4.79 Å². The van der Waals surface area contributed by atoms with Gasteiger partial charge in [0, 0.05) is 50.4 Å². The fourth-order valence-electron chi connectivity index (χ4n) is 3.24. The quantitative estimate of drug-likeness (QED) is 0.794. The summed E-state index contributed by atoms with van der Waals surface area (Å²) in [7, 11) is 0. The fraction of sp³-hybridized carbons (Fsp3) is 0.429. The number of aryl methyl sites for hydroxylation is 1. The molecule has 1 saturated heterocycles. The number of likely N-dealkylation sites (N-methyl/N-ethyl adjacent to an activating group) is 1. The van der Waals surface area contributed by atoms with Gasteiger partial charge in [-0.25, -0.2) is 4.98 Å². The monoisotopic (exact) mass is 386 g/mol. The lowest BCUT2D eigenvalue weighted by Crippen LogP contribution is -2.46. The van der Waals surface area contributed by atoms with E-state index in [1.165, 1.54) is 0 Å². The molecule has 6 heteroatoms. The standard InChI is InChI=1S/C21H27ClN4O/c1-2-25-10-12-26(13-11-25)20-8-6-18(15-23-20)16-24-21(27)9-7-17-4-3-5-19(22)14-17/h3-6,8,14-15H,2,7,9-13,16H2,1H3,(H,24,27). The third-order valence-corrected chi connectivity index (χ3v) is 5.21. The van der Waals surface area contributed by atoms with E-state index in [2.05, 4.69) is 33.1 Å². The van der Waals surface area contributed by atoms with Gasteiger partial charge in [0.1, 0.15) is 5.82 Å². The number of halogens is 1.